The minimum absolute atomic E-state index is 0.145. The predicted octanol–water partition coefficient (Wildman–Crippen LogP) is 2.01. The molecule has 1 saturated heterocycles. The molecular formula is C5HBrCl2N2O2. The molecule has 0 amide bonds. The highest BCUT2D eigenvalue weighted by atomic mass is 79.9. The van der Waals surface area contributed by atoms with Gasteiger partial charge in [0.1, 0.15) is 0 Å². The van der Waals surface area contributed by atoms with Crippen molar-refractivity contribution in [2.24, 2.45) is 0 Å². The Hall–Kier alpha value is -0.260. The molecule has 0 N–H and O–H groups in total. The molecule has 1 aliphatic heterocycles. The van der Waals surface area contributed by atoms with Crippen LogP contribution in [0.3, 0.4) is 0 Å². The maximum absolute atomic E-state index is 10.6. The smallest absolute Gasteiger partial charge is 0.372 e. The second-order valence-electron chi connectivity index (χ2n) is 2.12. The Labute approximate surface area is 85.5 Å². The van der Waals surface area contributed by atoms with Gasteiger partial charge in [-0.25, -0.2) is 9.78 Å². The van der Waals surface area contributed by atoms with E-state index in [1.807, 2.05) is 0 Å². The van der Waals surface area contributed by atoms with Gasteiger partial charge in [-0.05, 0) is 15.9 Å². The van der Waals surface area contributed by atoms with Crippen molar-refractivity contribution in [1.29, 1.82) is 0 Å². The Morgan fingerprint density at radius 1 is 1.58 bits per heavy atom. The number of rotatable bonds is 1. The SMILES string of the molecule is O=C1OC1n1c(Br)nc(Cl)c1Cl. The molecule has 4 nitrogen and oxygen atoms in total. The molecule has 0 bridgehead atoms. The van der Waals surface area contributed by atoms with Crippen LogP contribution in [0.25, 0.3) is 0 Å². The summed E-state index contributed by atoms with van der Waals surface area (Å²) in [5, 5.41) is 0.339. The van der Waals surface area contributed by atoms with Crippen LogP contribution in [-0.4, -0.2) is 15.5 Å². The first-order valence-electron chi connectivity index (χ1n) is 2.90. The van der Waals surface area contributed by atoms with E-state index in [-0.39, 0.29) is 16.3 Å². The normalized spacial score (nSPS) is 20.9. The quantitative estimate of drug-likeness (QED) is 0.734. The average molecular weight is 272 g/mol. The molecule has 1 unspecified atom stereocenters. The summed E-state index contributed by atoms with van der Waals surface area (Å²) in [7, 11) is 0. The number of cyclic esters (lactones) is 1. The van der Waals surface area contributed by atoms with Crippen LogP contribution in [0.15, 0.2) is 4.73 Å². The monoisotopic (exact) mass is 270 g/mol. The minimum atomic E-state index is -0.660. The number of carbonyl (C=O) groups excluding carboxylic acids is 1. The molecule has 0 spiro atoms. The molecule has 1 aromatic heterocycles. The molecule has 12 heavy (non-hydrogen) atoms. The maximum atomic E-state index is 10.6. The summed E-state index contributed by atoms with van der Waals surface area (Å²) in [4.78, 5) is 14.4. The summed E-state index contributed by atoms with van der Waals surface area (Å²) < 4.78 is 6.34. The Kier molecular flexibility index (Phi) is 1.82. The van der Waals surface area contributed by atoms with E-state index in [1.165, 1.54) is 4.57 Å². The second-order valence-corrected chi connectivity index (χ2v) is 3.55. The molecule has 1 atom stereocenters. The van der Waals surface area contributed by atoms with Crippen molar-refractivity contribution < 1.29 is 9.53 Å². The minimum Gasteiger partial charge on any atom is -0.425 e. The third-order valence-electron chi connectivity index (χ3n) is 1.38. The zero-order valence-corrected chi connectivity index (χ0v) is 8.52. The molecule has 0 aromatic carbocycles. The van der Waals surface area contributed by atoms with Crippen LogP contribution >= 0.6 is 39.1 Å². The number of hydrogen-bond acceptors (Lipinski definition) is 3. The number of ether oxygens (including phenoxy) is 1. The highest BCUT2D eigenvalue weighted by Gasteiger charge is 2.43. The van der Waals surface area contributed by atoms with Crippen molar-refractivity contribution >= 4 is 45.1 Å². The van der Waals surface area contributed by atoms with Crippen LogP contribution in [0.4, 0.5) is 0 Å². The van der Waals surface area contributed by atoms with E-state index in [4.69, 9.17) is 23.2 Å². The average Bonchev–Trinajstić information content (AvgIpc) is 2.61. The highest BCUT2D eigenvalue weighted by Crippen LogP contribution is 2.36. The predicted molar refractivity (Wildman–Crippen MR) is 45.1 cm³/mol. The molecule has 64 valence electrons. The van der Waals surface area contributed by atoms with Gasteiger partial charge in [-0.3, -0.25) is 4.57 Å². The molecule has 0 aliphatic carbocycles. The van der Waals surface area contributed by atoms with Gasteiger partial charge in [-0.1, -0.05) is 23.2 Å². The fraction of sp³-hybridized carbons (Fsp3) is 0.200. The van der Waals surface area contributed by atoms with E-state index in [0.29, 0.717) is 4.73 Å². The van der Waals surface area contributed by atoms with Crippen molar-refractivity contribution in [3.8, 4) is 0 Å². The lowest BCUT2D eigenvalue weighted by atomic mass is 10.7. The van der Waals surface area contributed by atoms with E-state index in [9.17, 15) is 4.79 Å². The van der Waals surface area contributed by atoms with E-state index in [2.05, 4.69) is 25.7 Å². The number of halogens is 3. The Morgan fingerprint density at radius 3 is 2.50 bits per heavy atom. The van der Waals surface area contributed by atoms with Crippen LogP contribution in [0.1, 0.15) is 6.23 Å². The lowest BCUT2D eigenvalue weighted by molar-refractivity contribution is -0.117. The topological polar surface area (TPSA) is 47.4 Å². The standard InChI is InChI=1S/C5HBrCl2N2O2/c6-5-9-1(7)2(8)10(5)3-4(11)12-3/h3H. The van der Waals surface area contributed by atoms with Crippen LogP contribution in [0.5, 0.6) is 0 Å². The van der Waals surface area contributed by atoms with E-state index < -0.39 is 6.23 Å². The summed E-state index contributed by atoms with van der Waals surface area (Å²) >= 11 is 14.4. The van der Waals surface area contributed by atoms with E-state index >= 15 is 0 Å². The molecular weight excluding hydrogens is 271 g/mol. The fourth-order valence-electron chi connectivity index (χ4n) is 0.795. The van der Waals surface area contributed by atoms with E-state index in [1.54, 1.807) is 0 Å². The Balaban J connectivity index is 2.48. The van der Waals surface area contributed by atoms with Gasteiger partial charge in [0.15, 0.2) is 15.0 Å². The van der Waals surface area contributed by atoms with E-state index in [0.717, 1.165) is 0 Å². The van der Waals surface area contributed by atoms with Crippen molar-refractivity contribution in [2.45, 2.75) is 6.23 Å². The first-order chi connectivity index (χ1) is 5.61. The van der Waals surface area contributed by atoms with Crippen LogP contribution < -0.4 is 0 Å². The number of nitrogens with zero attached hydrogens (tertiary/aromatic N) is 2. The summed E-state index contributed by atoms with van der Waals surface area (Å²) in [6.07, 6.45) is -0.660. The van der Waals surface area contributed by atoms with Gasteiger partial charge in [0.25, 0.3) is 6.23 Å². The first kappa shape index (κ1) is 8.34. The maximum Gasteiger partial charge on any atom is 0.372 e. The highest BCUT2D eigenvalue weighted by molar-refractivity contribution is 9.10. The Bertz CT molecular complexity index is 365. The van der Waals surface area contributed by atoms with Gasteiger partial charge in [-0.2, -0.15) is 0 Å². The zero-order chi connectivity index (χ0) is 8.88. The molecule has 0 radical (unpaired) electrons. The largest absolute Gasteiger partial charge is 0.425 e. The van der Waals surface area contributed by atoms with Gasteiger partial charge in [0, 0.05) is 0 Å². The zero-order valence-electron chi connectivity index (χ0n) is 5.42. The lowest BCUT2D eigenvalue weighted by Gasteiger charge is -1.95. The molecule has 2 heterocycles. The molecule has 7 heteroatoms. The van der Waals surface area contributed by atoms with Gasteiger partial charge in [-0.15, -0.1) is 0 Å². The number of epoxide rings is 1. The van der Waals surface area contributed by atoms with Gasteiger partial charge in [0.2, 0.25) is 0 Å². The van der Waals surface area contributed by atoms with Crippen LogP contribution in [0, 0.1) is 0 Å². The summed E-state index contributed by atoms with van der Waals surface area (Å²) in [6.45, 7) is 0. The second kappa shape index (κ2) is 2.61. The first-order valence-corrected chi connectivity index (χ1v) is 4.45. The van der Waals surface area contributed by atoms with Crippen molar-refractivity contribution in [3.63, 3.8) is 0 Å². The van der Waals surface area contributed by atoms with Crippen molar-refractivity contribution in [1.82, 2.24) is 9.55 Å². The summed E-state index contributed by atoms with van der Waals surface area (Å²) in [5.41, 5.74) is 0. The molecule has 0 saturated carbocycles. The van der Waals surface area contributed by atoms with Gasteiger partial charge in [0.05, 0.1) is 0 Å². The summed E-state index contributed by atoms with van der Waals surface area (Å²) in [5.74, 6) is -0.341. The molecule has 1 fully saturated rings. The van der Waals surface area contributed by atoms with Crippen molar-refractivity contribution in [2.75, 3.05) is 0 Å². The molecule has 2 rings (SSSR count). The van der Waals surface area contributed by atoms with Crippen LogP contribution in [0.2, 0.25) is 10.3 Å². The third kappa shape index (κ3) is 1.12. The van der Waals surface area contributed by atoms with Crippen LogP contribution in [-0.2, 0) is 9.53 Å². The number of imidazole rings is 1. The third-order valence-corrected chi connectivity index (χ3v) is 2.66. The van der Waals surface area contributed by atoms with Gasteiger partial charge >= 0.3 is 5.97 Å². The number of hydrogen-bond donors (Lipinski definition) is 0. The molecule has 1 aromatic rings. The van der Waals surface area contributed by atoms with Gasteiger partial charge < -0.3 is 4.74 Å². The number of aromatic nitrogens is 2. The molecule has 1 aliphatic rings. The summed E-state index contributed by atoms with van der Waals surface area (Å²) in [6, 6.07) is 0. The lowest BCUT2D eigenvalue weighted by Crippen LogP contribution is -1.96. The van der Waals surface area contributed by atoms with Crippen molar-refractivity contribution in [3.05, 3.63) is 15.0 Å². The number of carbonyl (C=O) groups is 1. The fourth-order valence-corrected chi connectivity index (χ4v) is 1.92. The Morgan fingerprint density at radius 2 is 2.17 bits per heavy atom.